The van der Waals surface area contributed by atoms with Gasteiger partial charge in [-0.25, -0.2) is 4.39 Å². The van der Waals surface area contributed by atoms with Crippen LogP contribution in [0.25, 0.3) is 0 Å². The molecule has 0 saturated heterocycles. The third-order valence-electron chi connectivity index (χ3n) is 4.22. The fraction of sp³-hybridized carbons (Fsp3) is 0.625. The molecule has 1 aliphatic rings. The summed E-state index contributed by atoms with van der Waals surface area (Å²) in [6, 6.07) is 7.77. The quantitative estimate of drug-likeness (QED) is 0.772. The van der Waals surface area contributed by atoms with Gasteiger partial charge in [0.1, 0.15) is 5.82 Å². The predicted molar refractivity (Wildman–Crippen MR) is 77.8 cm³/mol. The van der Waals surface area contributed by atoms with E-state index in [2.05, 4.69) is 17.7 Å². The first-order chi connectivity index (χ1) is 9.29. The first-order valence-corrected chi connectivity index (χ1v) is 7.41. The average Bonchev–Trinajstić information content (AvgIpc) is 2.46. The van der Waals surface area contributed by atoms with Crippen LogP contribution in [0.2, 0.25) is 0 Å². The van der Waals surface area contributed by atoms with E-state index in [4.69, 9.17) is 0 Å². The SMILES string of the molecule is CNC1CCC(CNCCc2ccccc2F)CC1. The zero-order valence-electron chi connectivity index (χ0n) is 11.8. The van der Waals surface area contributed by atoms with E-state index >= 15 is 0 Å². The summed E-state index contributed by atoms with van der Waals surface area (Å²) in [6.45, 7) is 1.94. The van der Waals surface area contributed by atoms with E-state index in [1.165, 1.54) is 31.7 Å². The third-order valence-corrected chi connectivity index (χ3v) is 4.22. The smallest absolute Gasteiger partial charge is 0.126 e. The molecule has 0 aromatic heterocycles. The van der Waals surface area contributed by atoms with Gasteiger partial charge in [-0.05, 0) is 69.8 Å². The molecule has 0 atom stereocenters. The van der Waals surface area contributed by atoms with Crippen molar-refractivity contribution in [3.63, 3.8) is 0 Å². The van der Waals surface area contributed by atoms with Gasteiger partial charge in [-0.3, -0.25) is 0 Å². The van der Waals surface area contributed by atoms with E-state index in [0.717, 1.165) is 37.0 Å². The third kappa shape index (κ3) is 4.59. The monoisotopic (exact) mass is 264 g/mol. The van der Waals surface area contributed by atoms with Gasteiger partial charge in [0.15, 0.2) is 0 Å². The van der Waals surface area contributed by atoms with E-state index in [0.29, 0.717) is 0 Å². The van der Waals surface area contributed by atoms with E-state index in [-0.39, 0.29) is 5.82 Å². The standard InChI is InChI=1S/C16H25FN2/c1-18-15-8-6-13(7-9-15)12-19-11-10-14-4-2-3-5-16(14)17/h2-5,13,15,18-19H,6-12H2,1H3. The molecule has 1 aromatic carbocycles. The zero-order chi connectivity index (χ0) is 13.5. The largest absolute Gasteiger partial charge is 0.317 e. The van der Waals surface area contributed by atoms with Crippen molar-refractivity contribution >= 4 is 0 Å². The Bertz CT molecular complexity index is 373. The highest BCUT2D eigenvalue weighted by Crippen LogP contribution is 2.23. The molecule has 0 bridgehead atoms. The van der Waals surface area contributed by atoms with Crippen molar-refractivity contribution in [3.8, 4) is 0 Å². The van der Waals surface area contributed by atoms with Crippen LogP contribution in [0.4, 0.5) is 4.39 Å². The van der Waals surface area contributed by atoms with Crippen LogP contribution in [0.15, 0.2) is 24.3 Å². The number of rotatable bonds is 6. The number of benzene rings is 1. The summed E-state index contributed by atoms with van der Waals surface area (Å²) >= 11 is 0. The van der Waals surface area contributed by atoms with Crippen molar-refractivity contribution < 1.29 is 4.39 Å². The number of nitrogens with one attached hydrogen (secondary N) is 2. The lowest BCUT2D eigenvalue weighted by atomic mass is 9.86. The zero-order valence-corrected chi connectivity index (χ0v) is 11.8. The Kier molecular flexibility index (Phi) is 5.80. The summed E-state index contributed by atoms with van der Waals surface area (Å²) in [6.07, 6.45) is 5.96. The van der Waals surface area contributed by atoms with Gasteiger partial charge in [0.2, 0.25) is 0 Å². The molecule has 106 valence electrons. The molecule has 0 amide bonds. The lowest BCUT2D eigenvalue weighted by Crippen LogP contribution is -2.34. The molecule has 0 radical (unpaired) electrons. The maximum absolute atomic E-state index is 13.4. The summed E-state index contributed by atoms with van der Waals surface area (Å²) in [5, 5.41) is 6.83. The maximum atomic E-state index is 13.4. The molecule has 2 nitrogen and oxygen atoms in total. The highest BCUT2D eigenvalue weighted by atomic mass is 19.1. The summed E-state index contributed by atoms with van der Waals surface area (Å²) in [4.78, 5) is 0. The molecule has 1 aliphatic carbocycles. The van der Waals surface area contributed by atoms with Gasteiger partial charge in [-0.15, -0.1) is 0 Å². The second-order valence-electron chi connectivity index (χ2n) is 5.55. The average molecular weight is 264 g/mol. The molecule has 2 rings (SSSR count). The van der Waals surface area contributed by atoms with Crippen LogP contribution in [0.5, 0.6) is 0 Å². The molecule has 0 unspecified atom stereocenters. The minimum absolute atomic E-state index is 0.0844. The summed E-state index contributed by atoms with van der Waals surface area (Å²) in [5.74, 6) is 0.712. The second kappa shape index (κ2) is 7.61. The van der Waals surface area contributed by atoms with Crippen LogP contribution in [0.1, 0.15) is 31.2 Å². The fourth-order valence-corrected chi connectivity index (χ4v) is 2.89. The first-order valence-electron chi connectivity index (χ1n) is 7.41. The molecule has 1 fully saturated rings. The fourth-order valence-electron chi connectivity index (χ4n) is 2.89. The molecule has 3 heteroatoms. The van der Waals surface area contributed by atoms with Gasteiger partial charge >= 0.3 is 0 Å². The van der Waals surface area contributed by atoms with Gasteiger partial charge in [0, 0.05) is 6.04 Å². The normalized spacial score (nSPS) is 23.5. The van der Waals surface area contributed by atoms with E-state index in [1.807, 2.05) is 12.1 Å². The Morgan fingerprint density at radius 2 is 1.89 bits per heavy atom. The minimum atomic E-state index is -0.0844. The predicted octanol–water partition coefficient (Wildman–Crippen LogP) is 2.74. The molecule has 19 heavy (non-hydrogen) atoms. The van der Waals surface area contributed by atoms with Crippen molar-refractivity contribution in [3.05, 3.63) is 35.6 Å². The van der Waals surface area contributed by atoms with Crippen LogP contribution in [-0.4, -0.2) is 26.2 Å². The van der Waals surface area contributed by atoms with Crippen LogP contribution in [-0.2, 0) is 6.42 Å². The Morgan fingerprint density at radius 3 is 2.58 bits per heavy atom. The maximum Gasteiger partial charge on any atom is 0.126 e. The van der Waals surface area contributed by atoms with Crippen LogP contribution in [0.3, 0.4) is 0 Å². The molecular formula is C16H25FN2. The van der Waals surface area contributed by atoms with Gasteiger partial charge in [0.05, 0.1) is 0 Å². The van der Waals surface area contributed by atoms with Gasteiger partial charge in [-0.1, -0.05) is 18.2 Å². The topological polar surface area (TPSA) is 24.1 Å². The molecular weight excluding hydrogens is 239 g/mol. The Hall–Kier alpha value is -0.930. The van der Waals surface area contributed by atoms with E-state index in [1.54, 1.807) is 6.07 Å². The van der Waals surface area contributed by atoms with Crippen molar-refractivity contribution in [2.24, 2.45) is 5.92 Å². The van der Waals surface area contributed by atoms with Crippen molar-refractivity contribution in [1.29, 1.82) is 0 Å². The highest BCUT2D eigenvalue weighted by Gasteiger charge is 2.19. The lowest BCUT2D eigenvalue weighted by molar-refractivity contribution is 0.293. The first kappa shape index (κ1) is 14.5. The molecule has 1 saturated carbocycles. The van der Waals surface area contributed by atoms with Crippen molar-refractivity contribution in [1.82, 2.24) is 10.6 Å². The van der Waals surface area contributed by atoms with Gasteiger partial charge in [-0.2, -0.15) is 0 Å². The number of hydrogen-bond donors (Lipinski definition) is 2. The van der Waals surface area contributed by atoms with Crippen molar-refractivity contribution in [2.45, 2.75) is 38.1 Å². The summed E-state index contributed by atoms with van der Waals surface area (Å²) in [5.41, 5.74) is 0.814. The molecule has 0 heterocycles. The summed E-state index contributed by atoms with van der Waals surface area (Å²) < 4.78 is 13.4. The molecule has 0 spiro atoms. The van der Waals surface area contributed by atoms with Crippen LogP contribution < -0.4 is 10.6 Å². The Morgan fingerprint density at radius 1 is 1.16 bits per heavy atom. The Balaban J connectivity index is 1.61. The molecule has 1 aromatic rings. The summed E-state index contributed by atoms with van der Waals surface area (Å²) in [7, 11) is 2.05. The van der Waals surface area contributed by atoms with E-state index < -0.39 is 0 Å². The van der Waals surface area contributed by atoms with Crippen molar-refractivity contribution in [2.75, 3.05) is 20.1 Å². The van der Waals surface area contributed by atoms with Gasteiger partial charge in [0.25, 0.3) is 0 Å². The lowest BCUT2D eigenvalue weighted by Gasteiger charge is -2.28. The Labute approximate surface area is 115 Å². The minimum Gasteiger partial charge on any atom is -0.317 e. The number of hydrogen-bond acceptors (Lipinski definition) is 2. The molecule has 2 N–H and O–H groups in total. The van der Waals surface area contributed by atoms with Gasteiger partial charge < -0.3 is 10.6 Å². The van der Waals surface area contributed by atoms with Crippen LogP contribution >= 0.6 is 0 Å². The van der Waals surface area contributed by atoms with E-state index in [9.17, 15) is 4.39 Å². The van der Waals surface area contributed by atoms with Crippen LogP contribution in [0, 0.1) is 11.7 Å². The number of halogens is 1. The second-order valence-corrected chi connectivity index (χ2v) is 5.55. The molecule has 0 aliphatic heterocycles. The highest BCUT2D eigenvalue weighted by molar-refractivity contribution is 5.17.